The molecule has 0 spiro atoms. The van der Waals surface area contributed by atoms with Crippen molar-refractivity contribution >= 4 is 23.0 Å². The van der Waals surface area contributed by atoms with Gasteiger partial charge in [0.15, 0.2) is 0 Å². The number of nitrogen functional groups attached to an aromatic ring is 1. The molecule has 0 amide bonds. The monoisotopic (exact) mass is 264 g/mol. The van der Waals surface area contributed by atoms with Gasteiger partial charge in [0.1, 0.15) is 17.9 Å². The van der Waals surface area contributed by atoms with E-state index in [0.717, 1.165) is 10.7 Å². The van der Waals surface area contributed by atoms with Crippen LogP contribution in [0, 0.1) is 6.92 Å². The summed E-state index contributed by atoms with van der Waals surface area (Å²) in [6.07, 6.45) is 0. The van der Waals surface area contributed by atoms with E-state index < -0.39 is 5.97 Å². The van der Waals surface area contributed by atoms with Crippen LogP contribution in [0.5, 0.6) is 5.75 Å². The van der Waals surface area contributed by atoms with Crippen molar-refractivity contribution in [1.82, 2.24) is 4.98 Å². The zero-order valence-electron chi connectivity index (χ0n) is 9.71. The van der Waals surface area contributed by atoms with Gasteiger partial charge in [0, 0.05) is 17.1 Å². The fourth-order valence-electron chi connectivity index (χ4n) is 1.46. The number of carboxylic acids is 1. The lowest BCUT2D eigenvalue weighted by Gasteiger charge is -2.08. The summed E-state index contributed by atoms with van der Waals surface area (Å²) >= 11 is 1.52. The number of carboxylic acid groups (broad SMARTS) is 1. The van der Waals surface area contributed by atoms with Crippen LogP contribution in [-0.2, 0) is 6.61 Å². The Labute approximate surface area is 108 Å². The van der Waals surface area contributed by atoms with E-state index in [1.807, 2.05) is 12.3 Å². The molecule has 3 N–H and O–H groups in total. The first-order valence-corrected chi connectivity index (χ1v) is 6.11. The van der Waals surface area contributed by atoms with Gasteiger partial charge in [-0.2, -0.15) is 0 Å². The van der Waals surface area contributed by atoms with Gasteiger partial charge in [-0.15, -0.1) is 11.3 Å². The minimum Gasteiger partial charge on any atom is -0.486 e. The second-order valence-electron chi connectivity index (χ2n) is 3.71. The highest BCUT2D eigenvalue weighted by molar-refractivity contribution is 7.09. The SMILES string of the molecule is Cc1nc(COc2cc(N)ccc2C(=O)O)cs1. The van der Waals surface area contributed by atoms with Crippen LogP contribution >= 0.6 is 11.3 Å². The molecule has 94 valence electrons. The van der Waals surface area contributed by atoms with Gasteiger partial charge in [-0.25, -0.2) is 9.78 Å². The summed E-state index contributed by atoms with van der Waals surface area (Å²) in [5.41, 5.74) is 6.94. The fourth-order valence-corrected chi connectivity index (χ4v) is 2.06. The number of ether oxygens (including phenoxy) is 1. The Morgan fingerprint density at radius 2 is 2.33 bits per heavy atom. The normalized spacial score (nSPS) is 10.3. The molecule has 0 aliphatic carbocycles. The summed E-state index contributed by atoms with van der Waals surface area (Å²) in [6.45, 7) is 2.13. The predicted octanol–water partition coefficient (Wildman–Crippen LogP) is 2.31. The molecule has 1 aromatic heterocycles. The van der Waals surface area contributed by atoms with Crippen molar-refractivity contribution in [2.75, 3.05) is 5.73 Å². The molecule has 18 heavy (non-hydrogen) atoms. The molecule has 2 aromatic rings. The fraction of sp³-hybridized carbons (Fsp3) is 0.167. The van der Waals surface area contributed by atoms with Gasteiger partial charge in [0.2, 0.25) is 0 Å². The van der Waals surface area contributed by atoms with Crippen molar-refractivity contribution < 1.29 is 14.6 Å². The number of aryl methyl sites for hydroxylation is 1. The molecule has 0 fully saturated rings. The molecule has 0 saturated carbocycles. The Hall–Kier alpha value is -2.08. The number of anilines is 1. The minimum absolute atomic E-state index is 0.0937. The molecule has 1 heterocycles. The van der Waals surface area contributed by atoms with Gasteiger partial charge in [-0.3, -0.25) is 0 Å². The maximum atomic E-state index is 11.0. The number of aromatic carboxylic acids is 1. The van der Waals surface area contributed by atoms with Crippen molar-refractivity contribution in [3.63, 3.8) is 0 Å². The molecule has 5 nitrogen and oxygen atoms in total. The average Bonchev–Trinajstić information content (AvgIpc) is 2.72. The highest BCUT2D eigenvalue weighted by Gasteiger charge is 2.12. The molecule has 0 radical (unpaired) electrons. The largest absolute Gasteiger partial charge is 0.486 e. The van der Waals surface area contributed by atoms with E-state index in [0.29, 0.717) is 5.69 Å². The van der Waals surface area contributed by atoms with Crippen molar-refractivity contribution in [1.29, 1.82) is 0 Å². The maximum Gasteiger partial charge on any atom is 0.339 e. The Morgan fingerprint density at radius 1 is 1.56 bits per heavy atom. The molecule has 0 saturated heterocycles. The standard InChI is InChI=1S/C12H12N2O3S/c1-7-14-9(6-18-7)5-17-11-4-8(13)2-3-10(11)12(15)16/h2-4,6H,5,13H2,1H3,(H,15,16). The van der Waals surface area contributed by atoms with Gasteiger partial charge < -0.3 is 15.6 Å². The van der Waals surface area contributed by atoms with E-state index in [-0.39, 0.29) is 17.9 Å². The first kappa shape index (κ1) is 12.4. The van der Waals surface area contributed by atoms with Crippen molar-refractivity contribution in [2.24, 2.45) is 0 Å². The Bertz CT molecular complexity index is 580. The topological polar surface area (TPSA) is 85.4 Å². The van der Waals surface area contributed by atoms with Gasteiger partial charge in [0.05, 0.1) is 10.7 Å². The molecule has 0 bridgehead atoms. The van der Waals surface area contributed by atoms with Crippen LogP contribution < -0.4 is 10.5 Å². The lowest BCUT2D eigenvalue weighted by Crippen LogP contribution is -2.04. The summed E-state index contributed by atoms with van der Waals surface area (Å²) in [5.74, 6) is -0.785. The van der Waals surface area contributed by atoms with E-state index in [4.69, 9.17) is 15.6 Å². The number of nitrogens with zero attached hydrogens (tertiary/aromatic N) is 1. The molecule has 0 atom stereocenters. The zero-order valence-corrected chi connectivity index (χ0v) is 10.5. The zero-order chi connectivity index (χ0) is 13.1. The summed E-state index contributed by atoms with van der Waals surface area (Å²) in [5, 5.41) is 11.8. The number of hydrogen-bond acceptors (Lipinski definition) is 5. The van der Waals surface area contributed by atoms with E-state index >= 15 is 0 Å². The third-order valence-electron chi connectivity index (χ3n) is 2.28. The highest BCUT2D eigenvalue weighted by Crippen LogP contribution is 2.23. The molecule has 2 rings (SSSR count). The van der Waals surface area contributed by atoms with Crippen LogP contribution in [0.4, 0.5) is 5.69 Å². The summed E-state index contributed by atoms with van der Waals surface area (Å²) in [4.78, 5) is 15.3. The molecule has 0 aliphatic heterocycles. The van der Waals surface area contributed by atoms with Crippen LogP contribution in [0.3, 0.4) is 0 Å². The number of rotatable bonds is 4. The highest BCUT2D eigenvalue weighted by atomic mass is 32.1. The number of nitrogens with two attached hydrogens (primary N) is 1. The number of aromatic nitrogens is 1. The molecule has 0 aliphatic rings. The third-order valence-corrected chi connectivity index (χ3v) is 3.10. The van der Waals surface area contributed by atoms with Gasteiger partial charge >= 0.3 is 5.97 Å². The summed E-state index contributed by atoms with van der Waals surface area (Å²) in [6, 6.07) is 4.46. The summed E-state index contributed by atoms with van der Waals surface area (Å²) < 4.78 is 5.46. The van der Waals surface area contributed by atoms with Crippen molar-refractivity contribution in [3.05, 3.63) is 39.8 Å². The average molecular weight is 264 g/mol. The Kier molecular flexibility index (Phi) is 3.47. The number of thiazole rings is 1. The lowest BCUT2D eigenvalue weighted by atomic mass is 10.2. The molecular weight excluding hydrogens is 252 g/mol. The predicted molar refractivity (Wildman–Crippen MR) is 69.0 cm³/mol. The quantitative estimate of drug-likeness (QED) is 0.828. The van der Waals surface area contributed by atoms with Crippen LogP contribution in [0.2, 0.25) is 0 Å². The number of hydrogen-bond donors (Lipinski definition) is 2. The smallest absolute Gasteiger partial charge is 0.339 e. The second kappa shape index (κ2) is 5.05. The van der Waals surface area contributed by atoms with E-state index in [1.54, 1.807) is 0 Å². The first-order valence-electron chi connectivity index (χ1n) is 5.23. The molecule has 6 heteroatoms. The van der Waals surface area contributed by atoms with Crippen LogP contribution in [0.1, 0.15) is 21.1 Å². The van der Waals surface area contributed by atoms with Gasteiger partial charge in [-0.05, 0) is 19.1 Å². The Morgan fingerprint density at radius 3 is 2.94 bits per heavy atom. The van der Waals surface area contributed by atoms with E-state index in [9.17, 15) is 4.79 Å². The lowest BCUT2D eigenvalue weighted by molar-refractivity contribution is 0.0691. The van der Waals surface area contributed by atoms with Crippen molar-refractivity contribution in [3.8, 4) is 5.75 Å². The summed E-state index contributed by atoms with van der Waals surface area (Å²) in [7, 11) is 0. The minimum atomic E-state index is -1.04. The van der Waals surface area contributed by atoms with Gasteiger partial charge in [0.25, 0.3) is 0 Å². The Balaban J connectivity index is 2.17. The van der Waals surface area contributed by atoms with E-state index in [2.05, 4.69) is 4.98 Å². The van der Waals surface area contributed by atoms with Crippen LogP contribution in [0.15, 0.2) is 23.6 Å². The first-order chi connectivity index (χ1) is 8.56. The molecule has 1 aromatic carbocycles. The second-order valence-corrected chi connectivity index (χ2v) is 4.77. The van der Waals surface area contributed by atoms with E-state index in [1.165, 1.54) is 29.5 Å². The van der Waals surface area contributed by atoms with Crippen molar-refractivity contribution in [2.45, 2.75) is 13.5 Å². The number of benzene rings is 1. The van der Waals surface area contributed by atoms with Crippen LogP contribution in [0.25, 0.3) is 0 Å². The maximum absolute atomic E-state index is 11.0. The van der Waals surface area contributed by atoms with Gasteiger partial charge in [-0.1, -0.05) is 0 Å². The molecular formula is C12H12N2O3S. The number of carbonyl (C=O) groups is 1. The third kappa shape index (κ3) is 2.78. The molecule has 0 unspecified atom stereocenters. The van der Waals surface area contributed by atoms with Crippen LogP contribution in [-0.4, -0.2) is 16.1 Å².